The molecule has 0 saturated heterocycles. The fraction of sp³-hybridized carbons (Fsp3) is 0.241. The summed E-state index contributed by atoms with van der Waals surface area (Å²) in [4.78, 5) is 2.64. The normalized spacial score (nSPS) is 12.6. The number of benzene rings is 3. The van der Waals surface area contributed by atoms with Crippen LogP contribution in [0.15, 0.2) is 70.9 Å². The molecule has 0 atom stereocenters. The van der Waals surface area contributed by atoms with E-state index < -0.39 is 5.92 Å². The lowest BCUT2D eigenvalue weighted by atomic mass is 9.82. The molecule has 0 fully saturated rings. The lowest BCUT2D eigenvalue weighted by Crippen LogP contribution is -2.07. The average molecular weight is 551 g/mol. The highest BCUT2D eigenvalue weighted by Gasteiger charge is 2.24. The largest absolute Gasteiger partial charge is 0.508 e. The first-order valence-corrected chi connectivity index (χ1v) is 13.1. The molecule has 0 saturated carbocycles. The van der Waals surface area contributed by atoms with E-state index in [4.69, 9.17) is 0 Å². The topological polar surface area (TPSA) is 152 Å². The number of hydrogen-bond donors (Lipinski definition) is 2. The summed E-state index contributed by atoms with van der Waals surface area (Å²) in [7, 11) is 0. The van der Waals surface area contributed by atoms with E-state index in [1.165, 1.54) is 15.1 Å². The van der Waals surface area contributed by atoms with Gasteiger partial charge >= 0.3 is 0 Å². The second-order valence-corrected chi connectivity index (χ2v) is 10.1. The Balaban J connectivity index is 1.63. The van der Waals surface area contributed by atoms with Crippen molar-refractivity contribution in [2.75, 3.05) is 0 Å². The second kappa shape index (κ2) is 11.9. The first-order valence-electron chi connectivity index (χ1n) is 13.1. The Morgan fingerprint density at radius 3 is 1.76 bits per heavy atom. The Hall–Kier alpha value is -5.26. The van der Waals surface area contributed by atoms with Gasteiger partial charge in [0.25, 0.3) is 0 Å². The van der Waals surface area contributed by atoms with Gasteiger partial charge in [-0.1, -0.05) is 38.1 Å². The fourth-order valence-electron chi connectivity index (χ4n) is 4.58. The zero-order valence-electron chi connectivity index (χ0n) is 23.2. The number of nitrogens with zero attached hydrogens (tertiary/aromatic N) is 10. The van der Waals surface area contributed by atoms with Crippen molar-refractivity contribution in [1.29, 1.82) is 0 Å². The van der Waals surface area contributed by atoms with Crippen molar-refractivity contribution in [3.05, 3.63) is 106 Å². The van der Waals surface area contributed by atoms with Crippen molar-refractivity contribution in [3.63, 3.8) is 0 Å². The van der Waals surface area contributed by atoms with Crippen LogP contribution >= 0.6 is 0 Å². The number of aromatic nitrogens is 8. The molecule has 0 spiro atoms. The third kappa shape index (κ3) is 6.32. The molecular weight excluding hydrogens is 520 g/mol. The molecule has 5 aromatic rings. The minimum Gasteiger partial charge on any atom is -0.508 e. The molecule has 0 aliphatic heterocycles. The molecule has 12 nitrogen and oxygen atoms in total. The maximum atomic E-state index is 11.1. The van der Waals surface area contributed by atoms with Crippen LogP contribution in [0.25, 0.3) is 0 Å². The fourth-order valence-corrected chi connectivity index (χ4v) is 4.58. The Morgan fingerprint density at radius 1 is 0.756 bits per heavy atom. The summed E-state index contributed by atoms with van der Waals surface area (Å²) >= 11 is 0. The highest BCUT2D eigenvalue weighted by molar-refractivity contribution is 5.82. The summed E-state index contributed by atoms with van der Waals surface area (Å²) in [5, 5.41) is 53.6. The number of phenols is 2. The third-order valence-corrected chi connectivity index (χ3v) is 6.49. The summed E-state index contributed by atoms with van der Waals surface area (Å²) in [6.07, 6.45) is 4.14. The number of tetrazole rings is 2. The first kappa shape index (κ1) is 27.3. The van der Waals surface area contributed by atoms with Crippen LogP contribution in [0.5, 0.6) is 11.5 Å². The van der Waals surface area contributed by atoms with Crippen LogP contribution in [0, 0.1) is 19.8 Å². The molecule has 0 radical (unpaired) electrons. The molecule has 0 aliphatic carbocycles. The molecule has 41 heavy (non-hydrogen) atoms. The lowest BCUT2D eigenvalue weighted by molar-refractivity contribution is 0.458. The van der Waals surface area contributed by atoms with E-state index in [1.807, 2.05) is 24.3 Å². The van der Waals surface area contributed by atoms with Crippen LogP contribution in [0.4, 0.5) is 0 Å². The Bertz CT molecular complexity index is 1620. The molecule has 3 aromatic carbocycles. The molecule has 0 aliphatic rings. The number of hydrogen-bond acceptors (Lipinski definition) is 10. The van der Waals surface area contributed by atoms with Crippen molar-refractivity contribution in [3.8, 4) is 11.5 Å². The summed E-state index contributed by atoms with van der Waals surface area (Å²) in [6.45, 7) is 7.84. The second-order valence-electron chi connectivity index (χ2n) is 10.1. The zero-order valence-corrected chi connectivity index (χ0v) is 23.2. The molecule has 2 heterocycles. The van der Waals surface area contributed by atoms with Crippen molar-refractivity contribution in [2.24, 2.45) is 16.1 Å². The van der Waals surface area contributed by atoms with E-state index in [-0.39, 0.29) is 11.5 Å². The van der Waals surface area contributed by atoms with Crippen LogP contribution in [0.3, 0.4) is 0 Å². The smallest absolute Gasteiger partial charge is 0.173 e. The predicted molar refractivity (Wildman–Crippen MR) is 153 cm³/mol. The zero-order chi connectivity index (χ0) is 28.9. The maximum Gasteiger partial charge on any atom is 0.173 e. The van der Waals surface area contributed by atoms with Crippen LogP contribution in [0.1, 0.15) is 64.8 Å². The van der Waals surface area contributed by atoms with E-state index in [2.05, 4.69) is 67.2 Å². The number of rotatable bonds is 9. The van der Waals surface area contributed by atoms with E-state index in [9.17, 15) is 10.2 Å². The van der Waals surface area contributed by atoms with Crippen molar-refractivity contribution in [2.45, 2.75) is 40.0 Å². The molecule has 208 valence electrons. The lowest BCUT2D eigenvalue weighted by Gasteiger charge is -2.22. The van der Waals surface area contributed by atoms with Gasteiger partial charge in [-0.2, -0.15) is 10.2 Å². The average Bonchev–Trinajstić information content (AvgIpc) is 3.56. The molecule has 2 aromatic heterocycles. The minimum absolute atomic E-state index is 0.0859. The summed E-state index contributed by atoms with van der Waals surface area (Å²) in [5.41, 5.74) is 4.74. The van der Waals surface area contributed by atoms with Gasteiger partial charge in [0.2, 0.25) is 0 Å². The van der Waals surface area contributed by atoms with Gasteiger partial charge in [-0.15, -0.1) is 19.8 Å². The van der Waals surface area contributed by atoms with Gasteiger partial charge in [0.05, 0.1) is 12.4 Å². The molecule has 2 N–H and O–H groups in total. The van der Waals surface area contributed by atoms with Crippen molar-refractivity contribution >= 4 is 12.4 Å². The van der Waals surface area contributed by atoms with E-state index >= 15 is 0 Å². The van der Waals surface area contributed by atoms with Gasteiger partial charge < -0.3 is 10.2 Å². The van der Waals surface area contributed by atoms with E-state index in [0.717, 1.165) is 23.1 Å². The van der Waals surface area contributed by atoms with Gasteiger partial charge in [-0.25, -0.2) is 0 Å². The first-order chi connectivity index (χ1) is 19.8. The third-order valence-electron chi connectivity index (χ3n) is 6.49. The van der Waals surface area contributed by atoms with Crippen molar-refractivity contribution < 1.29 is 10.2 Å². The summed E-state index contributed by atoms with van der Waals surface area (Å²) < 4.78 is 0. The Kier molecular flexibility index (Phi) is 7.90. The monoisotopic (exact) mass is 550 g/mol. The Labute approximate surface area is 236 Å². The van der Waals surface area contributed by atoms with Gasteiger partial charge in [0.15, 0.2) is 11.6 Å². The molecule has 0 unspecified atom stereocenters. The molecule has 0 bridgehead atoms. The summed E-state index contributed by atoms with van der Waals surface area (Å²) in [6, 6.07) is 18.7. The SMILES string of the molecule is Cc1nnnn1N=Cc1ccc(O)c(C(c2cccc(CC(C)C)c2)c2cc(C=Nn3nnnc3C)ccc2O)c1. The van der Waals surface area contributed by atoms with Crippen LogP contribution in [-0.4, -0.2) is 63.3 Å². The van der Waals surface area contributed by atoms with Gasteiger partial charge in [-0.3, -0.25) is 0 Å². The standard InChI is InChI=1S/C29H30N10O2/c1-18(2)12-21-6-5-7-24(13-21)29(25-14-22(8-10-27(25)40)16-30-38-19(3)32-34-36-38)26-15-23(9-11-28(26)41)17-31-39-20(4)33-35-37-39/h5-11,13-18,29,40-41H,12H2,1-4H3. The van der Waals surface area contributed by atoms with Crippen molar-refractivity contribution in [1.82, 2.24) is 40.6 Å². The van der Waals surface area contributed by atoms with Crippen LogP contribution in [0.2, 0.25) is 0 Å². The number of aryl methyl sites for hydroxylation is 2. The van der Waals surface area contributed by atoms with E-state index in [1.54, 1.807) is 50.5 Å². The highest BCUT2D eigenvalue weighted by atomic mass is 16.3. The molecule has 5 rings (SSSR count). The van der Waals surface area contributed by atoms with Gasteiger partial charge in [0.1, 0.15) is 11.5 Å². The number of phenolic OH excluding ortho intramolecular Hbond substituents is 2. The van der Waals surface area contributed by atoms with Gasteiger partial charge in [-0.05, 0) is 106 Å². The maximum absolute atomic E-state index is 11.1. The van der Waals surface area contributed by atoms with Crippen LogP contribution < -0.4 is 0 Å². The highest BCUT2D eigenvalue weighted by Crippen LogP contribution is 2.41. The quantitative estimate of drug-likeness (QED) is 0.207. The predicted octanol–water partition coefficient (Wildman–Crippen LogP) is 3.83. The number of aromatic hydroxyl groups is 2. The molecule has 12 heteroatoms. The molecule has 0 amide bonds. The van der Waals surface area contributed by atoms with Crippen LogP contribution in [-0.2, 0) is 6.42 Å². The minimum atomic E-state index is -0.506. The van der Waals surface area contributed by atoms with Gasteiger partial charge in [0, 0.05) is 17.0 Å². The molecular formula is C29H30N10O2. The Morgan fingerprint density at radius 2 is 1.29 bits per heavy atom. The summed E-state index contributed by atoms with van der Waals surface area (Å²) in [5.74, 6) is 1.22. The van der Waals surface area contributed by atoms with E-state index in [0.29, 0.717) is 28.7 Å².